The predicted molar refractivity (Wildman–Crippen MR) is 72.8 cm³/mol. The Kier molecular flexibility index (Phi) is 2.32. The second-order valence-electron chi connectivity index (χ2n) is 5.63. The van der Waals surface area contributed by atoms with Gasteiger partial charge < -0.3 is 10.6 Å². The highest BCUT2D eigenvalue weighted by atomic mass is 15.2. The molecule has 0 aromatic heterocycles. The number of hydrogen-bond donors (Lipinski definition) is 2. The summed E-state index contributed by atoms with van der Waals surface area (Å²) in [6.07, 6.45) is 3.68. The van der Waals surface area contributed by atoms with Gasteiger partial charge in [-0.1, -0.05) is 24.3 Å². The summed E-state index contributed by atoms with van der Waals surface area (Å²) >= 11 is 0. The minimum absolute atomic E-state index is 0.615. The maximum atomic E-state index is 4.58. The molecular weight excluding hydrogens is 222 g/mol. The van der Waals surface area contributed by atoms with Crippen LogP contribution in [0.5, 0.6) is 0 Å². The zero-order valence-corrected chi connectivity index (χ0v) is 10.5. The number of hydrogen-bond acceptors (Lipinski definition) is 3. The first-order valence-corrected chi connectivity index (χ1v) is 7.06. The van der Waals surface area contributed by atoms with Crippen molar-refractivity contribution < 1.29 is 0 Å². The van der Waals surface area contributed by atoms with E-state index >= 15 is 0 Å². The van der Waals surface area contributed by atoms with E-state index in [0.717, 1.165) is 30.9 Å². The summed E-state index contributed by atoms with van der Waals surface area (Å²) in [6, 6.07) is 9.51. The standard InChI is InChI=1S/C15H19N3/c1-2-6-11-10(5-1)9-12-13(11)14(12)18-15-16-7-3-4-8-17-15/h1-2,5-6,12-14H,3-4,7-9H2,(H2,16,17,18). The molecule has 1 aromatic rings. The van der Waals surface area contributed by atoms with Crippen molar-refractivity contribution in [3.8, 4) is 0 Å². The van der Waals surface area contributed by atoms with Gasteiger partial charge in [0.25, 0.3) is 0 Å². The second-order valence-corrected chi connectivity index (χ2v) is 5.63. The highest BCUT2D eigenvalue weighted by Gasteiger charge is 2.55. The van der Waals surface area contributed by atoms with Gasteiger partial charge in [0.15, 0.2) is 5.96 Å². The zero-order valence-electron chi connectivity index (χ0n) is 10.5. The van der Waals surface area contributed by atoms with Crippen molar-refractivity contribution in [3.63, 3.8) is 0 Å². The fourth-order valence-corrected chi connectivity index (χ4v) is 3.49. The molecule has 0 spiro atoms. The molecule has 1 fully saturated rings. The second kappa shape index (κ2) is 4.01. The molecule has 1 heterocycles. The lowest BCUT2D eigenvalue weighted by atomic mass is 10.1. The van der Waals surface area contributed by atoms with E-state index in [2.05, 4.69) is 39.9 Å². The van der Waals surface area contributed by atoms with E-state index in [1.807, 2.05) is 0 Å². The Labute approximate surface area is 108 Å². The number of nitrogens with one attached hydrogen (secondary N) is 2. The molecule has 0 bridgehead atoms. The van der Waals surface area contributed by atoms with Gasteiger partial charge in [-0.15, -0.1) is 0 Å². The molecule has 3 unspecified atom stereocenters. The number of rotatable bonds is 1. The molecule has 0 amide bonds. The van der Waals surface area contributed by atoms with E-state index in [9.17, 15) is 0 Å². The highest BCUT2D eigenvalue weighted by molar-refractivity contribution is 5.81. The van der Waals surface area contributed by atoms with E-state index in [1.165, 1.54) is 19.3 Å². The number of benzene rings is 1. The molecule has 1 aromatic carbocycles. The summed E-state index contributed by atoms with van der Waals surface area (Å²) in [5.41, 5.74) is 3.12. The lowest BCUT2D eigenvalue weighted by molar-refractivity contribution is 0.715. The number of aliphatic imine (C=N–C) groups is 1. The monoisotopic (exact) mass is 241 g/mol. The van der Waals surface area contributed by atoms with Gasteiger partial charge in [0.05, 0.1) is 0 Å². The van der Waals surface area contributed by atoms with Crippen molar-refractivity contribution in [3.05, 3.63) is 35.4 Å². The lowest BCUT2D eigenvalue weighted by Crippen LogP contribution is -2.39. The van der Waals surface area contributed by atoms with Crippen molar-refractivity contribution in [1.82, 2.24) is 10.6 Å². The van der Waals surface area contributed by atoms with Crippen LogP contribution in [0.15, 0.2) is 29.3 Å². The van der Waals surface area contributed by atoms with E-state index in [1.54, 1.807) is 11.1 Å². The molecule has 2 aliphatic carbocycles. The van der Waals surface area contributed by atoms with Gasteiger partial charge in [0, 0.05) is 25.0 Å². The van der Waals surface area contributed by atoms with Crippen molar-refractivity contribution >= 4 is 5.96 Å². The molecule has 1 aliphatic heterocycles. The summed E-state index contributed by atoms with van der Waals surface area (Å²) in [5, 5.41) is 7.02. The van der Waals surface area contributed by atoms with Gasteiger partial charge in [-0.25, -0.2) is 0 Å². The Morgan fingerprint density at radius 3 is 3.17 bits per heavy atom. The molecule has 18 heavy (non-hydrogen) atoms. The summed E-state index contributed by atoms with van der Waals surface area (Å²) in [4.78, 5) is 4.58. The Morgan fingerprint density at radius 2 is 2.17 bits per heavy atom. The molecule has 94 valence electrons. The van der Waals surface area contributed by atoms with Crippen LogP contribution in [0.1, 0.15) is 29.9 Å². The molecule has 1 saturated carbocycles. The Hall–Kier alpha value is -1.51. The summed E-state index contributed by atoms with van der Waals surface area (Å²) in [6.45, 7) is 2.03. The molecule has 2 N–H and O–H groups in total. The van der Waals surface area contributed by atoms with E-state index in [0.29, 0.717) is 6.04 Å². The molecule has 0 radical (unpaired) electrons. The number of guanidine groups is 1. The van der Waals surface area contributed by atoms with Gasteiger partial charge in [-0.05, 0) is 36.3 Å². The van der Waals surface area contributed by atoms with Gasteiger partial charge in [0.1, 0.15) is 0 Å². The van der Waals surface area contributed by atoms with Crippen LogP contribution in [0.25, 0.3) is 0 Å². The van der Waals surface area contributed by atoms with E-state index in [4.69, 9.17) is 0 Å². The third kappa shape index (κ3) is 1.61. The van der Waals surface area contributed by atoms with Crippen molar-refractivity contribution in [2.24, 2.45) is 10.9 Å². The van der Waals surface area contributed by atoms with Gasteiger partial charge >= 0.3 is 0 Å². The van der Waals surface area contributed by atoms with Crippen LogP contribution in [0.3, 0.4) is 0 Å². The Balaban J connectivity index is 1.47. The van der Waals surface area contributed by atoms with Crippen LogP contribution in [0, 0.1) is 5.92 Å². The SMILES string of the molecule is c1ccc2c(c1)CC1C(NC3=NCCCCN3)C21. The third-order valence-electron chi connectivity index (χ3n) is 4.49. The van der Waals surface area contributed by atoms with Crippen LogP contribution in [-0.2, 0) is 6.42 Å². The molecule has 3 aliphatic rings. The normalized spacial score (nSPS) is 32.7. The minimum Gasteiger partial charge on any atom is -0.356 e. The van der Waals surface area contributed by atoms with Gasteiger partial charge in [0.2, 0.25) is 0 Å². The first-order valence-electron chi connectivity index (χ1n) is 7.06. The van der Waals surface area contributed by atoms with Crippen LogP contribution < -0.4 is 10.6 Å². The Morgan fingerprint density at radius 1 is 1.22 bits per heavy atom. The predicted octanol–water partition coefficient (Wildman–Crippen LogP) is 1.65. The van der Waals surface area contributed by atoms with Gasteiger partial charge in [-0.2, -0.15) is 0 Å². The van der Waals surface area contributed by atoms with Crippen molar-refractivity contribution in [1.29, 1.82) is 0 Å². The molecule has 4 rings (SSSR count). The molecule has 0 saturated heterocycles. The lowest BCUT2D eigenvalue weighted by Gasteiger charge is -2.12. The van der Waals surface area contributed by atoms with Crippen LogP contribution in [-0.4, -0.2) is 25.1 Å². The molecule has 3 atom stereocenters. The Bertz CT molecular complexity index is 494. The van der Waals surface area contributed by atoms with Crippen LogP contribution >= 0.6 is 0 Å². The first-order chi connectivity index (χ1) is 8.93. The fourth-order valence-electron chi connectivity index (χ4n) is 3.49. The van der Waals surface area contributed by atoms with Crippen LogP contribution in [0.2, 0.25) is 0 Å². The summed E-state index contributed by atoms with van der Waals surface area (Å²) < 4.78 is 0. The quantitative estimate of drug-likeness (QED) is 0.784. The van der Waals surface area contributed by atoms with Gasteiger partial charge in [-0.3, -0.25) is 4.99 Å². The maximum absolute atomic E-state index is 4.58. The topological polar surface area (TPSA) is 36.4 Å². The minimum atomic E-state index is 0.615. The third-order valence-corrected chi connectivity index (χ3v) is 4.49. The molecular formula is C15H19N3. The van der Waals surface area contributed by atoms with Crippen LogP contribution in [0.4, 0.5) is 0 Å². The average molecular weight is 241 g/mol. The largest absolute Gasteiger partial charge is 0.356 e. The van der Waals surface area contributed by atoms with E-state index in [-0.39, 0.29) is 0 Å². The number of fused-ring (bicyclic) bond motifs is 3. The first kappa shape index (κ1) is 10.4. The fraction of sp³-hybridized carbons (Fsp3) is 0.533. The smallest absolute Gasteiger partial charge is 0.191 e. The molecule has 3 heteroatoms. The van der Waals surface area contributed by atoms with E-state index < -0.39 is 0 Å². The average Bonchev–Trinajstić information content (AvgIpc) is 3.01. The maximum Gasteiger partial charge on any atom is 0.191 e. The number of nitrogens with zero attached hydrogens (tertiary/aromatic N) is 1. The van der Waals surface area contributed by atoms with Crippen molar-refractivity contribution in [2.45, 2.75) is 31.2 Å². The summed E-state index contributed by atoms with van der Waals surface area (Å²) in [7, 11) is 0. The van der Waals surface area contributed by atoms with Crippen molar-refractivity contribution in [2.75, 3.05) is 13.1 Å². The molecule has 3 nitrogen and oxygen atoms in total. The highest BCUT2D eigenvalue weighted by Crippen LogP contribution is 2.56. The summed E-state index contributed by atoms with van der Waals surface area (Å²) in [5.74, 6) is 2.56. The zero-order chi connectivity index (χ0) is 11.9.